The molecule has 1 N–H and O–H groups in total. The summed E-state index contributed by atoms with van der Waals surface area (Å²) in [5.74, 6) is 1.35. The van der Waals surface area contributed by atoms with Gasteiger partial charge >= 0.3 is 0 Å². The van der Waals surface area contributed by atoms with Crippen molar-refractivity contribution in [3.63, 3.8) is 0 Å². The molecule has 5 atom stereocenters. The van der Waals surface area contributed by atoms with Gasteiger partial charge in [-0.2, -0.15) is 0 Å². The maximum Gasteiger partial charge on any atom is 0.139 e. The van der Waals surface area contributed by atoms with E-state index in [4.69, 9.17) is 4.74 Å². The van der Waals surface area contributed by atoms with E-state index in [0.29, 0.717) is 17.6 Å². The van der Waals surface area contributed by atoms with Gasteiger partial charge in [0.2, 0.25) is 0 Å². The topological polar surface area (TPSA) is 38.3 Å². The van der Waals surface area contributed by atoms with Gasteiger partial charge in [0.05, 0.1) is 11.2 Å². The van der Waals surface area contributed by atoms with Crippen molar-refractivity contribution in [3.8, 4) is 0 Å². The summed E-state index contributed by atoms with van der Waals surface area (Å²) in [5.41, 5.74) is 2.21. The van der Waals surface area contributed by atoms with Crippen LogP contribution >= 0.6 is 0 Å². The number of nitrogens with one attached hydrogen (secondary N) is 1. The molecule has 0 aromatic carbocycles. The molecule has 5 aliphatic rings. The van der Waals surface area contributed by atoms with Crippen molar-refractivity contribution in [2.24, 2.45) is 17.3 Å². The highest BCUT2D eigenvalue weighted by Gasteiger charge is 2.66. The zero-order chi connectivity index (χ0) is 16.6. The van der Waals surface area contributed by atoms with Crippen LogP contribution in [-0.4, -0.2) is 30.6 Å². The van der Waals surface area contributed by atoms with Gasteiger partial charge in [0, 0.05) is 24.3 Å². The average molecular weight is 325 g/mol. The van der Waals surface area contributed by atoms with Gasteiger partial charge in [0.15, 0.2) is 0 Å². The molecule has 24 heavy (non-hydrogen) atoms. The number of hydrogen-bond acceptors (Lipinski definition) is 3. The van der Waals surface area contributed by atoms with E-state index in [2.05, 4.69) is 36.5 Å². The van der Waals surface area contributed by atoms with Crippen molar-refractivity contribution in [3.05, 3.63) is 35.5 Å². The molecule has 0 amide bonds. The van der Waals surface area contributed by atoms with E-state index in [9.17, 15) is 4.79 Å². The Morgan fingerprint density at radius 2 is 2.21 bits per heavy atom. The SMILES string of the molecule is CNC[C@@H]1C=CC2=CC3=CC[C@]4(C)C(=O)CC[C@H]4[C@@]34CC[C@]2(C1)O4. The summed E-state index contributed by atoms with van der Waals surface area (Å²) in [4.78, 5) is 12.6. The number of allylic oxidation sites excluding steroid dienone is 1. The largest absolute Gasteiger partial charge is 0.359 e. The Morgan fingerprint density at radius 3 is 3.04 bits per heavy atom. The average Bonchev–Trinajstić information content (AvgIpc) is 3.03. The minimum Gasteiger partial charge on any atom is -0.359 e. The molecule has 0 radical (unpaired) electrons. The molecule has 3 nitrogen and oxygen atoms in total. The van der Waals surface area contributed by atoms with Crippen molar-refractivity contribution >= 4 is 5.78 Å². The number of carbonyl (C=O) groups excluding carboxylic acids is 1. The predicted octanol–water partition coefficient (Wildman–Crippen LogP) is 3.33. The first-order chi connectivity index (χ1) is 11.5. The third-order valence-corrected chi connectivity index (χ3v) is 7.58. The summed E-state index contributed by atoms with van der Waals surface area (Å²) in [6.45, 7) is 3.19. The number of hydrogen-bond donors (Lipinski definition) is 1. The Morgan fingerprint density at radius 1 is 1.33 bits per heavy atom. The maximum absolute atomic E-state index is 12.6. The van der Waals surface area contributed by atoms with E-state index in [1.807, 2.05) is 7.05 Å². The lowest BCUT2D eigenvalue weighted by Crippen LogP contribution is -2.53. The Hall–Kier alpha value is -1.19. The highest BCUT2D eigenvalue weighted by atomic mass is 16.5. The summed E-state index contributed by atoms with van der Waals surface area (Å²) in [6.07, 6.45) is 15.2. The Balaban J connectivity index is 1.60. The second-order valence-electron chi connectivity index (χ2n) is 8.76. The summed E-state index contributed by atoms with van der Waals surface area (Å²) >= 11 is 0. The smallest absolute Gasteiger partial charge is 0.139 e. The molecule has 2 bridgehead atoms. The number of rotatable bonds is 2. The first-order valence-corrected chi connectivity index (χ1v) is 9.52. The van der Waals surface area contributed by atoms with Crippen LogP contribution in [0.2, 0.25) is 0 Å². The van der Waals surface area contributed by atoms with Gasteiger partial charge in [0.25, 0.3) is 0 Å². The third kappa shape index (κ3) is 1.68. The lowest BCUT2D eigenvalue weighted by atomic mass is 9.61. The van der Waals surface area contributed by atoms with E-state index >= 15 is 0 Å². The third-order valence-electron chi connectivity index (χ3n) is 7.58. The quantitative estimate of drug-likeness (QED) is 0.846. The van der Waals surface area contributed by atoms with Gasteiger partial charge in [-0.05, 0) is 56.2 Å². The Bertz CT molecular complexity index is 705. The zero-order valence-electron chi connectivity index (χ0n) is 14.7. The number of Topliss-reactive ketones (excluding diaryl/α,β-unsaturated/α-hetero) is 1. The van der Waals surface area contributed by atoms with Crippen molar-refractivity contribution in [1.82, 2.24) is 5.32 Å². The van der Waals surface area contributed by atoms with Gasteiger partial charge in [0.1, 0.15) is 5.78 Å². The highest BCUT2D eigenvalue weighted by molar-refractivity contribution is 5.88. The first kappa shape index (κ1) is 15.1. The van der Waals surface area contributed by atoms with Crippen molar-refractivity contribution in [2.45, 2.75) is 56.7 Å². The second-order valence-corrected chi connectivity index (χ2v) is 8.76. The van der Waals surface area contributed by atoms with E-state index in [0.717, 1.165) is 45.1 Å². The summed E-state index contributed by atoms with van der Waals surface area (Å²) in [7, 11) is 2.02. The van der Waals surface area contributed by atoms with Gasteiger partial charge in [-0.25, -0.2) is 0 Å². The van der Waals surface area contributed by atoms with E-state index in [-0.39, 0.29) is 16.6 Å². The molecule has 2 fully saturated rings. The Kier molecular flexibility index (Phi) is 2.96. The van der Waals surface area contributed by atoms with Gasteiger partial charge in [-0.3, -0.25) is 4.79 Å². The van der Waals surface area contributed by atoms with Crippen molar-refractivity contribution < 1.29 is 9.53 Å². The van der Waals surface area contributed by atoms with Crippen LogP contribution < -0.4 is 5.32 Å². The molecule has 1 saturated heterocycles. The van der Waals surface area contributed by atoms with Gasteiger partial charge in [-0.15, -0.1) is 0 Å². The fraction of sp³-hybridized carbons (Fsp3) is 0.667. The fourth-order valence-corrected chi connectivity index (χ4v) is 6.34. The number of ether oxygens (including phenoxy) is 1. The van der Waals surface area contributed by atoms with Crippen LogP contribution in [-0.2, 0) is 9.53 Å². The molecule has 5 rings (SSSR count). The molecular weight excluding hydrogens is 298 g/mol. The van der Waals surface area contributed by atoms with E-state index < -0.39 is 0 Å². The van der Waals surface area contributed by atoms with Gasteiger partial charge < -0.3 is 10.1 Å². The molecule has 2 aliphatic heterocycles. The standard InChI is InChI=1S/C21H27NO2/c1-19-8-7-16-11-15-4-3-14(13-22-2)12-20(15)9-10-21(16,24-20)17(19)5-6-18(19)23/h3-4,7,11,14,17,22H,5-6,8-10,12-13H2,1-2H3/t14-,17-,19+,20-,21-/m1/s1. The number of carbonyl (C=O) groups is 1. The van der Waals surface area contributed by atoms with Crippen molar-refractivity contribution in [2.75, 3.05) is 13.6 Å². The number of ketones is 1. The molecule has 2 spiro atoms. The van der Waals surface area contributed by atoms with Crippen molar-refractivity contribution in [1.29, 1.82) is 0 Å². The monoisotopic (exact) mass is 325 g/mol. The van der Waals surface area contributed by atoms with Crippen LogP contribution in [0, 0.1) is 17.3 Å². The fourth-order valence-electron chi connectivity index (χ4n) is 6.34. The Labute approximate surface area is 144 Å². The van der Waals surface area contributed by atoms with Crippen LogP contribution in [0.5, 0.6) is 0 Å². The molecule has 3 aliphatic carbocycles. The molecule has 0 aromatic heterocycles. The normalized spacial score (nSPS) is 48.5. The first-order valence-electron chi connectivity index (χ1n) is 9.52. The minimum absolute atomic E-state index is 0.114. The molecule has 3 heteroatoms. The van der Waals surface area contributed by atoms with Gasteiger partial charge in [-0.1, -0.05) is 31.2 Å². The summed E-state index contributed by atoms with van der Waals surface area (Å²) in [6, 6.07) is 0. The van der Waals surface area contributed by atoms with Crippen LogP contribution in [0.3, 0.4) is 0 Å². The molecular formula is C21H27NO2. The van der Waals surface area contributed by atoms with Crippen LogP contribution in [0.25, 0.3) is 0 Å². The highest BCUT2D eigenvalue weighted by Crippen LogP contribution is 2.65. The van der Waals surface area contributed by atoms with Crippen LogP contribution in [0.15, 0.2) is 35.5 Å². The summed E-state index contributed by atoms with van der Waals surface area (Å²) < 4.78 is 7.02. The second kappa shape index (κ2) is 4.70. The lowest BCUT2D eigenvalue weighted by Gasteiger charge is -2.52. The lowest BCUT2D eigenvalue weighted by molar-refractivity contribution is -0.144. The van der Waals surface area contributed by atoms with Crippen LogP contribution in [0.1, 0.15) is 45.4 Å². The number of fused-ring (bicyclic) bond motifs is 1. The molecule has 2 heterocycles. The van der Waals surface area contributed by atoms with E-state index in [1.54, 1.807) is 0 Å². The van der Waals surface area contributed by atoms with E-state index in [1.165, 1.54) is 11.1 Å². The molecule has 128 valence electrons. The molecule has 0 unspecified atom stereocenters. The molecule has 1 saturated carbocycles. The zero-order valence-corrected chi connectivity index (χ0v) is 14.7. The molecule has 0 aromatic rings. The van der Waals surface area contributed by atoms with Crippen LogP contribution in [0.4, 0.5) is 0 Å². The summed E-state index contributed by atoms with van der Waals surface area (Å²) in [5, 5.41) is 3.31. The maximum atomic E-state index is 12.6. The minimum atomic E-state index is -0.199. The predicted molar refractivity (Wildman–Crippen MR) is 93.6 cm³/mol.